The average molecular weight is 800 g/mol. The second-order valence-electron chi connectivity index (χ2n) is 12.1. The Bertz CT molecular complexity index is 3090. The second-order valence-corrected chi connectivity index (χ2v) is 15.3. The van der Waals surface area contributed by atoms with Crippen molar-refractivity contribution in [1.29, 1.82) is 0 Å². The first-order valence-electron chi connectivity index (χ1n) is 14.6. The summed E-state index contributed by atoms with van der Waals surface area (Å²) in [6.07, 6.45) is 0. The zero-order valence-electron chi connectivity index (χ0n) is 23.7. The van der Waals surface area contributed by atoms with Crippen LogP contribution in [0.3, 0.4) is 0 Å². The van der Waals surface area contributed by atoms with Crippen molar-refractivity contribution in [2.24, 2.45) is 20.0 Å². The van der Waals surface area contributed by atoms with Crippen LogP contribution < -0.4 is 11.0 Å². The lowest BCUT2D eigenvalue weighted by Gasteiger charge is -2.40. The van der Waals surface area contributed by atoms with Gasteiger partial charge in [0.05, 0.1) is 73.2 Å². The molecule has 1 spiro atoms. The minimum absolute atomic E-state index is 0.335. The molecular weight excluding hydrogens is 792 g/mol. The van der Waals surface area contributed by atoms with E-state index in [2.05, 4.69) is 0 Å². The molecule has 2 aromatic heterocycles. The van der Waals surface area contributed by atoms with Gasteiger partial charge >= 0.3 is 5.91 Å². The van der Waals surface area contributed by atoms with Crippen molar-refractivity contribution in [2.75, 3.05) is 0 Å². The predicted octanol–water partition coefficient (Wildman–Crippen LogP) is 8.93. The number of nitrogens with zero attached hydrogens (tertiary/aromatic N) is 8. The van der Waals surface area contributed by atoms with E-state index in [0.29, 0.717) is 108 Å². The fraction of sp³-hybridized carbons (Fsp3) is 0.0303. The van der Waals surface area contributed by atoms with E-state index in [1.54, 1.807) is 24.3 Å². The Balaban J connectivity index is 1.44. The summed E-state index contributed by atoms with van der Waals surface area (Å²) < 4.78 is 8.17. The van der Waals surface area contributed by atoms with Crippen LogP contribution in [0.15, 0.2) is 68.5 Å². The molecule has 0 radical (unpaired) electrons. The monoisotopic (exact) mass is 796 g/mol. The molecule has 12 rings (SSSR count). The summed E-state index contributed by atoms with van der Waals surface area (Å²) in [7, 11) is 0. The first kappa shape index (κ1) is 28.3. The fourth-order valence-corrected chi connectivity index (χ4v) is 9.78. The van der Waals surface area contributed by atoms with Gasteiger partial charge in [0, 0.05) is 10.8 Å². The molecule has 0 amide bonds. The standard InChI is InChI=1S/C33H8Cl8N8/c34-13-5-1-9-17(21(13)38)29-43-26-11-3-7-15(36)23(40)19(11)31-45-28-12-4-8-16(37)24(41)20(12)32-44-27-10-2-6-14(35)22(39)18(10)30-42-25(9)46(29)33(47(27)30,48(26)31)49(28)32/h1-8H/q+2. The van der Waals surface area contributed by atoms with Gasteiger partial charge < -0.3 is 0 Å². The summed E-state index contributed by atoms with van der Waals surface area (Å²) in [5, 5.41) is 5.52. The quantitative estimate of drug-likeness (QED) is 0.138. The number of aliphatic imine (C=N–C) groups is 2. The number of benzene rings is 4. The number of fused-ring (bicyclic) bond motifs is 12. The lowest BCUT2D eigenvalue weighted by Crippen LogP contribution is -2.71. The lowest BCUT2D eigenvalue weighted by molar-refractivity contribution is -0.790. The maximum atomic E-state index is 7.06. The van der Waals surface area contributed by atoms with Crippen LogP contribution in [0.2, 0.25) is 40.2 Å². The van der Waals surface area contributed by atoms with Gasteiger partial charge in [0.1, 0.15) is 0 Å². The predicted molar refractivity (Wildman–Crippen MR) is 194 cm³/mol. The molecule has 0 saturated heterocycles. The molecule has 0 N–H and O–H groups in total. The maximum absolute atomic E-state index is 7.06. The zero-order valence-corrected chi connectivity index (χ0v) is 29.8. The Labute approximate surface area is 313 Å². The van der Waals surface area contributed by atoms with Crippen LogP contribution in [-0.4, -0.2) is 41.6 Å². The van der Waals surface area contributed by atoms with Gasteiger partial charge in [-0.25, -0.2) is 0 Å². The van der Waals surface area contributed by atoms with Crippen molar-refractivity contribution in [3.05, 3.63) is 122 Å². The van der Waals surface area contributed by atoms with Crippen molar-refractivity contribution >= 4 is 149 Å². The smallest absolute Gasteiger partial charge is 0.192 e. The summed E-state index contributed by atoms with van der Waals surface area (Å²) in [6.45, 7) is 0. The minimum atomic E-state index is -1.38. The molecule has 8 heterocycles. The van der Waals surface area contributed by atoms with E-state index in [1.807, 2.05) is 42.6 Å². The minimum Gasteiger partial charge on any atom is -0.192 e. The Hall–Kier alpha value is -3.44. The lowest BCUT2D eigenvalue weighted by atomic mass is 10.1. The Morgan fingerprint density at radius 1 is 0.469 bits per heavy atom. The Kier molecular flexibility index (Phi) is 5.02. The van der Waals surface area contributed by atoms with Gasteiger partial charge in [0.2, 0.25) is 22.6 Å². The number of aromatic nitrogens is 2. The number of hydrogen-bond acceptors (Lipinski definition) is 4. The van der Waals surface area contributed by atoms with Crippen LogP contribution in [0.1, 0.15) is 22.3 Å². The third-order valence-corrected chi connectivity index (χ3v) is 13.2. The molecule has 6 aliphatic heterocycles. The Morgan fingerprint density at radius 2 is 1.04 bits per heavy atom. The first-order chi connectivity index (χ1) is 23.6. The van der Waals surface area contributed by atoms with Crippen LogP contribution in [0.5, 0.6) is 0 Å². The topological polar surface area (TPSA) is 65.3 Å². The van der Waals surface area contributed by atoms with Crippen molar-refractivity contribution in [1.82, 2.24) is 9.13 Å². The van der Waals surface area contributed by atoms with Crippen LogP contribution in [0.4, 0.5) is 11.6 Å². The fourth-order valence-electron chi connectivity index (χ4n) is 8.16. The molecule has 0 saturated carbocycles. The molecule has 1 atom stereocenters. The first-order valence-corrected chi connectivity index (χ1v) is 17.7. The van der Waals surface area contributed by atoms with E-state index in [9.17, 15) is 0 Å². The largest absolute Gasteiger partial charge is 0.404 e. The maximum Gasteiger partial charge on any atom is 0.404 e. The molecule has 16 heteroatoms. The van der Waals surface area contributed by atoms with Gasteiger partial charge in [-0.1, -0.05) is 113 Å². The van der Waals surface area contributed by atoms with E-state index in [4.69, 9.17) is 113 Å². The highest BCUT2D eigenvalue weighted by molar-refractivity contribution is 6.48. The van der Waals surface area contributed by atoms with Crippen molar-refractivity contribution < 1.29 is 9.15 Å². The second kappa shape index (κ2) is 8.70. The molecular formula is C33H8Cl8N8+2. The normalized spacial score (nSPS) is 19.5. The van der Waals surface area contributed by atoms with Gasteiger partial charge in [-0.15, -0.1) is 9.15 Å². The molecule has 8 nitrogen and oxygen atoms in total. The van der Waals surface area contributed by atoms with Crippen molar-refractivity contribution in [2.45, 2.75) is 5.91 Å². The summed E-state index contributed by atoms with van der Waals surface area (Å²) in [6, 6.07) is 14.6. The van der Waals surface area contributed by atoms with E-state index in [1.165, 1.54) is 0 Å². The third kappa shape index (κ3) is 2.84. The van der Waals surface area contributed by atoms with E-state index in [0.717, 1.165) is 21.9 Å². The molecule has 4 aromatic carbocycles. The molecule has 6 aromatic rings. The summed E-state index contributed by atoms with van der Waals surface area (Å²) >= 11 is 55.0. The Morgan fingerprint density at radius 3 is 1.80 bits per heavy atom. The molecule has 234 valence electrons. The molecule has 0 aliphatic carbocycles. The molecule has 1 unspecified atom stereocenters. The van der Waals surface area contributed by atoms with Gasteiger partial charge in [0.15, 0.2) is 0 Å². The summed E-state index contributed by atoms with van der Waals surface area (Å²) in [4.78, 5) is 21.3. The molecule has 49 heavy (non-hydrogen) atoms. The van der Waals surface area contributed by atoms with Crippen LogP contribution in [-0.2, 0) is 5.91 Å². The van der Waals surface area contributed by atoms with Gasteiger partial charge in [-0.05, 0) is 48.5 Å². The van der Waals surface area contributed by atoms with Crippen molar-refractivity contribution in [3.63, 3.8) is 0 Å². The van der Waals surface area contributed by atoms with Crippen molar-refractivity contribution in [3.8, 4) is 0 Å². The summed E-state index contributed by atoms with van der Waals surface area (Å²) in [5.74, 6) is 1.85. The number of hydrogen-bond donors (Lipinski definition) is 0. The SMILES string of the molecule is Clc1ccc2c(c1Cl)C1=Nc3c4ccc(Cl)c(Cl)c4c4n3C35n6c(c7ccc(Cl)c(Cl)c7c6=NC2=[N+]13)=NC1=[N+]5C(=N4)c2ccc(Cl)c(Cl)c21. The average Bonchev–Trinajstić information content (AvgIpc) is 3.80. The van der Waals surface area contributed by atoms with E-state index in [-0.39, 0.29) is 0 Å². The van der Waals surface area contributed by atoms with Crippen LogP contribution >= 0.6 is 92.8 Å². The van der Waals surface area contributed by atoms with E-state index >= 15 is 0 Å². The van der Waals surface area contributed by atoms with E-state index < -0.39 is 5.91 Å². The molecule has 0 bridgehead atoms. The number of amidine groups is 4. The third-order valence-electron chi connectivity index (χ3n) is 9.98. The van der Waals surface area contributed by atoms with Crippen LogP contribution in [0.25, 0.3) is 21.5 Å². The van der Waals surface area contributed by atoms with Gasteiger partial charge in [-0.2, -0.15) is 9.13 Å². The zero-order chi connectivity index (χ0) is 33.2. The highest BCUT2D eigenvalue weighted by Crippen LogP contribution is 2.55. The van der Waals surface area contributed by atoms with Crippen LogP contribution in [0, 0.1) is 0 Å². The molecule has 6 aliphatic rings. The van der Waals surface area contributed by atoms with Gasteiger partial charge in [0.25, 0.3) is 23.3 Å². The highest BCUT2D eigenvalue weighted by Gasteiger charge is 2.70. The number of rotatable bonds is 0. The highest BCUT2D eigenvalue weighted by atomic mass is 35.5. The number of halogens is 8. The van der Waals surface area contributed by atoms with Gasteiger partial charge in [-0.3, -0.25) is 0 Å². The summed E-state index contributed by atoms with van der Waals surface area (Å²) in [5.41, 5.74) is 3.78. The molecule has 0 fully saturated rings.